The molecule has 142 valence electrons. The maximum absolute atomic E-state index is 13.0. The fourth-order valence-electron chi connectivity index (χ4n) is 4.08. The molecule has 27 heavy (non-hydrogen) atoms. The Balaban J connectivity index is 1.46. The molecule has 0 atom stereocenters. The highest BCUT2D eigenvalue weighted by Gasteiger charge is 2.30. The first kappa shape index (κ1) is 18.0. The summed E-state index contributed by atoms with van der Waals surface area (Å²) in [4.78, 5) is 12.4. The first-order valence-electron chi connectivity index (χ1n) is 9.54. The van der Waals surface area contributed by atoms with Crippen LogP contribution in [0.3, 0.4) is 0 Å². The van der Waals surface area contributed by atoms with Gasteiger partial charge in [0.25, 0.3) is 10.0 Å². The minimum Gasteiger partial charge on any atom is -0.326 e. The molecule has 0 spiro atoms. The molecule has 0 saturated heterocycles. The van der Waals surface area contributed by atoms with Crippen LogP contribution in [-0.2, 0) is 21.2 Å². The van der Waals surface area contributed by atoms with E-state index in [-0.39, 0.29) is 10.8 Å². The first-order valence-corrected chi connectivity index (χ1v) is 11.0. The Kier molecular flexibility index (Phi) is 4.91. The Morgan fingerprint density at radius 1 is 1.04 bits per heavy atom. The Bertz CT molecular complexity index is 932. The molecule has 0 radical (unpaired) electrons. The van der Waals surface area contributed by atoms with Crippen LogP contribution in [0.5, 0.6) is 0 Å². The third kappa shape index (κ3) is 3.72. The number of para-hydroxylation sites is 1. The van der Waals surface area contributed by atoms with Crippen LogP contribution in [-0.4, -0.2) is 20.9 Å². The van der Waals surface area contributed by atoms with Gasteiger partial charge in [-0.2, -0.15) is 0 Å². The van der Waals surface area contributed by atoms with Crippen molar-refractivity contribution in [2.24, 2.45) is 5.92 Å². The van der Waals surface area contributed by atoms with Gasteiger partial charge in [0.05, 0.1) is 10.6 Å². The molecule has 1 aliphatic carbocycles. The Labute approximate surface area is 160 Å². The number of benzene rings is 2. The fraction of sp³-hybridized carbons (Fsp3) is 0.381. The van der Waals surface area contributed by atoms with Gasteiger partial charge < -0.3 is 5.32 Å². The fourth-order valence-corrected chi connectivity index (χ4v) is 5.59. The van der Waals surface area contributed by atoms with Crippen molar-refractivity contribution in [3.8, 4) is 0 Å². The number of hydrogen-bond acceptors (Lipinski definition) is 3. The van der Waals surface area contributed by atoms with Crippen molar-refractivity contribution < 1.29 is 13.2 Å². The molecular weight excluding hydrogens is 360 g/mol. The average molecular weight is 385 g/mol. The van der Waals surface area contributed by atoms with Gasteiger partial charge in [0.2, 0.25) is 5.91 Å². The van der Waals surface area contributed by atoms with Crippen LogP contribution in [0.2, 0.25) is 0 Å². The van der Waals surface area contributed by atoms with Crippen molar-refractivity contribution in [3.05, 3.63) is 54.1 Å². The van der Waals surface area contributed by atoms with E-state index >= 15 is 0 Å². The molecule has 1 saturated carbocycles. The van der Waals surface area contributed by atoms with E-state index in [2.05, 4.69) is 5.32 Å². The topological polar surface area (TPSA) is 66.5 Å². The standard InChI is InChI=1S/C21H24N2O3S/c24-21(15-16-5-1-2-6-16)22-18-9-11-19(12-10-18)27(25,26)23-14-13-17-7-3-4-8-20(17)23/h3-4,7-12,16H,1-2,5-6,13-15H2,(H,22,24). The van der Waals surface area contributed by atoms with Gasteiger partial charge in [0.1, 0.15) is 0 Å². The van der Waals surface area contributed by atoms with E-state index in [9.17, 15) is 13.2 Å². The number of nitrogens with zero attached hydrogens (tertiary/aromatic N) is 1. The SMILES string of the molecule is O=C(CC1CCCC1)Nc1ccc(S(=O)(=O)N2CCc3ccccc32)cc1. The molecule has 5 nitrogen and oxygen atoms in total. The summed E-state index contributed by atoms with van der Waals surface area (Å²) in [7, 11) is -3.60. The second-order valence-electron chi connectivity index (χ2n) is 7.38. The molecule has 2 aromatic carbocycles. The van der Waals surface area contributed by atoms with Crippen molar-refractivity contribution in [2.45, 2.75) is 43.4 Å². The zero-order chi connectivity index (χ0) is 18.9. The summed E-state index contributed by atoms with van der Waals surface area (Å²) < 4.78 is 27.5. The predicted molar refractivity (Wildman–Crippen MR) is 106 cm³/mol. The summed E-state index contributed by atoms with van der Waals surface area (Å²) in [5, 5.41) is 2.89. The number of rotatable bonds is 5. The van der Waals surface area contributed by atoms with Gasteiger partial charge in [0.15, 0.2) is 0 Å². The van der Waals surface area contributed by atoms with Crippen LogP contribution in [0.15, 0.2) is 53.4 Å². The number of sulfonamides is 1. The number of amides is 1. The smallest absolute Gasteiger partial charge is 0.264 e. The molecule has 1 N–H and O–H groups in total. The van der Waals surface area contributed by atoms with Crippen LogP contribution in [0.25, 0.3) is 0 Å². The van der Waals surface area contributed by atoms with Crippen molar-refractivity contribution in [1.29, 1.82) is 0 Å². The lowest BCUT2D eigenvalue weighted by Crippen LogP contribution is -2.29. The Morgan fingerprint density at radius 3 is 2.48 bits per heavy atom. The summed E-state index contributed by atoms with van der Waals surface area (Å²) >= 11 is 0. The van der Waals surface area contributed by atoms with E-state index in [0.29, 0.717) is 24.6 Å². The lowest BCUT2D eigenvalue weighted by molar-refractivity contribution is -0.117. The third-order valence-electron chi connectivity index (χ3n) is 5.52. The average Bonchev–Trinajstić information content (AvgIpc) is 3.31. The minimum absolute atomic E-state index is 0.00553. The van der Waals surface area contributed by atoms with Gasteiger partial charge in [-0.1, -0.05) is 31.0 Å². The van der Waals surface area contributed by atoms with Crippen molar-refractivity contribution in [2.75, 3.05) is 16.2 Å². The summed E-state index contributed by atoms with van der Waals surface area (Å²) in [5.74, 6) is 0.492. The molecule has 1 heterocycles. The van der Waals surface area contributed by atoms with Gasteiger partial charge in [-0.15, -0.1) is 0 Å². The monoisotopic (exact) mass is 384 g/mol. The number of carbonyl (C=O) groups excluding carboxylic acids is 1. The lowest BCUT2D eigenvalue weighted by atomic mass is 10.0. The molecule has 0 aromatic heterocycles. The largest absolute Gasteiger partial charge is 0.326 e. The maximum Gasteiger partial charge on any atom is 0.264 e. The number of fused-ring (bicyclic) bond motifs is 1. The number of anilines is 2. The third-order valence-corrected chi connectivity index (χ3v) is 7.35. The van der Waals surface area contributed by atoms with Crippen molar-refractivity contribution >= 4 is 27.3 Å². The van der Waals surface area contributed by atoms with E-state index in [1.807, 2.05) is 24.3 Å². The minimum atomic E-state index is -3.60. The highest BCUT2D eigenvalue weighted by molar-refractivity contribution is 7.92. The number of nitrogens with one attached hydrogen (secondary N) is 1. The van der Waals surface area contributed by atoms with Crippen LogP contribution >= 0.6 is 0 Å². The molecule has 4 rings (SSSR count). The Morgan fingerprint density at radius 2 is 1.74 bits per heavy atom. The van der Waals surface area contributed by atoms with Gasteiger partial charge in [-0.25, -0.2) is 8.42 Å². The summed E-state index contributed by atoms with van der Waals surface area (Å²) in [6.45, 7) is 0.460. The van der Waals surface area contributed by atoms with Crippen LogP contribution in [0.1, 0.15) is 37.7 Å². The van der Waals surface area contributed by atoms with E-state index in [4.69, 9.17) is 0 Å². The zero-order valence-corrected chi connectivity index (χ0v) is 16.0. The van der Waals surface area contributed by atoms with E-state index in [1.54, 1.807) is 24.3 Å². The van der Waals surface area contributed by atoms with E-state index < -0.39 is 10.0 Å². The lowest BCUT2D eigenvalue weighted by Gasteiger charge is -2.19. The van der Waals surface area contributed by atoms with Gasteiger partial charge >= 0.3 is 0 Å². The number of carbonyl (C=O) groups is 1. The molecule has 6 heteroatoms. The van der Waals surface area contributed by atoms with Crippen LogP contribution in [0.4, 0.5) is 11.4 Å². The molecule has 1 fully saturated rings. The van der Waals surface area contributed by atoms with Crippen molar-refractivity contribution in [3.63, 3.8) is 0 Å². The summed E-state index contributed by atoms with van der Waals surface area (Å²) in [6, 6.07) is 14.1. The molecule has 0 bridgehead atoms. The molecule has 2 aliphatic rings. The van der Waals surface area contributed by atoms with E-state index in [0.717, 1.165) is 30.5 Å². The zero-order valence-electron chi connectivity index (χ0n) is 15.2. The number of hydrogen-bond donors (Lipinski definition) is 1. The summed E-state index contributed by atoms with van der Waals surface area (Å²) in [6.07, 6.45) is 5.95. The summed E-state index contributed by atoms with van der Waals surface area (Å²) in [5.41, 5.74) is 2.45. The molecule has 0 unspecified atom stereocenters. The van der Waals surface area contributed by atoms with Gasteiger partial charge in [-0.05, 0) is 61.1 Å². The van der Waals surface area contributed by atoms with E-state index in [1.165, 1.54) is 17.1 Å². The normalized spacial score (nSPS) is 17.1. The highest BCUT2D eigenvalue weighted by Crippen LogP contribution is 2.33. The Hall–Kier alpha value is -2.34. The quantitative estimate of drug-likeness (QED) is 0.849. The first-order chi connectivity index (χ1) is 13.0. The highest BCUT2D eigenvalue weighted by atomic mass is 32.2. The predicted octanol–water partition coefficient (Wildman–Crippen LogP) is 3.96. The second-order valence-corrected chi connectivity index (χ2v) is 9.25. The van der Waals surface area contributed by atoms with Gasteiger partial charge in [0, 0.05) is 18.7 Å². The van der Waals surface area contributed by atoms with Gasteiger partial charge in [-0.3, -0.25) is 9.10 Å². The second kappa shape index (κ2) is 7.35. The molecular formula is C21H24N2O3S. The van der Waals surface area contributed by atoms with Crippen LogP contribution < -0.4 is 9.62 Å². The van der Waals surface area contributed by atoms with Crippen LogP contribution in [0, 0.1) is 5.92 Å². The maximum atomic E-state index is 13.0. The van der Waals surface area contributed by atoms with Crippen molar-refractivity contribution in [1.82, 2.24) is 0 Å². The molecule has 2 aromatic rings. The molecule has 1 aliphatic heterocycles. The molecule has 1 amide bonds.